The van der Waals surface area contributed by atoms with Gasteiger partial charge in [0.05, 0.1) is 5.56 Å². The van der Waals surface area contributed by atoms with Gasteiger partial charge in [0.15, 0.2) is 11.8 Å². The summed E-state index contributed by atoms with van der Waals surface area (Å²) in [6.45, 7) is 4.96. The Bertz CT molecular complexity index is 1350. The molecule has 0 atom stereocenters. The van der Waals surface area contributed by atoms with E-state index in [9.17, 15) is 0 Å². The Morgan fingerprint density at radius 3 is 2.67 bits per heavy atom. The Morgan fingerprint density at radius 1 is 1.15 bits per heavy atom. The molecule has 138 valence electrons. The number of nitrogens with zero attached hydrogens (tertiary/aromatic N) is 2. The molecule has 3 heteroatoms. The van der Waals surface area contributed by atoms with Crippen LogP contribution in [0.25, 0.3) is 33.3 Å². The van der Waals surface area contributed by atoms with Gasteiger partial charge < -0.3 is 4.42 Å². The molecule has 0 N–H and O–H groups in total. The van der Waals surface area contributed by atoms with E-state index in [1.165, 1.54) is 6.20 Å². The van der Waals surface area contributed by atoms with Crippen molar-refractivity contribution in [2.24, 2.45) is 13.0 Å². The predicted octanol–water partition coefficient (Wildman–Crippen LogP) is 5.60. The number of aryl methyl sites for hydroxylation is 4. The first kappa shape index (κ1) is 12.7. The zero-order chi connectivity index (χ0) is 23.6. The summed E-state index contributed by atoms with van der Waals surface area (Å²) in [6, 6.07) is 9.61. The molecule has 4 rings (SSSR count). The minimum Gasteiger partial charge on any atom is -0.437 e. The Kier molecular flexibility index (Phi) is 3.04. The van der Waals surface area contributed by atoms with Crippen molar-refractivity contribution in [2.45, 2.75) is 40.9 Å². The molecule has 0 radical (unpaired) electrons. The molecule has 27 heavy (non-hydrogen) atoms. The fraction of sp³-hybridized carbons (Fsp3) is 0.333. The van der Waals surface area contributed by atoms with Crippen LogP contribution in [0.15, 0.2) is 40.9 Å². The molecular weight excluding hydrogens is 332 g/mol. The SMILES string of the molecule is [2H]C([2H])([2H])c1c[n+](C)c(-c2c(C)ccc3c2oc2nc(C)ccc23)cc1C([2H])([2H])C(C)C. The van der Waals surface area contributed by atoms with Crippen molar-refractivity contribution in [1.29, 1.82) is 0 Å². The van der Waals surface area contributed by atoms with Crippen LogP contribution in [-0.4, -0.2) is 4.98 Å². The second kappa shape index (κ2) is 6.49. The van der Waals surface area contributed by atoms with Crippen LogP contribution in [0.5, 0.6) is 0 Å². The molecule has 0 aliphatic carbocycles. The van der Waals surface area contributed by atoms with Crippen molar-refractivity contribution in [3.05, 3.63) is 58.9 Å². The number of hydrogen-bond donors (Lipinski definition) is 0. The van der Waals surface area contributed by atoms with Gasteiger partial charge in [-0.3, -0.25) is 0 Å². The van der Waals surface area contributed by atoms with Gasteiger partial charge >= 0.3 is 0 Å². The first-order valence-electron chi connectivity index (χ1n) is 11.7. The monoisotopic (exact) mass is 364 g/mol. The van der Waals surface area contributed by atoms with Crippen LogP contribution in [0.3, 0.4) is 0 Å². The zero-order valence-electron chi connectivity index (χ0n) is 21.3. The highest BCUT2D eigenvalue weighted by atomic mass is 16.3. The predicted molar refractivity (Wildman–Crippen MR) is 111 cm³/mol. The van der Waals surface area contributed by atoms with Gasteiger partial charge in [-0.25, -0.2) is 9.55 Å². The van der Waals surface area contributed by atoms with Gasteiger partial charge in [-0.15, -0.1) is 0 Å². The number of rotatable bonds is 3. The molecule has 4 aromatic rings. The quantitative estimate of drug-likeness (QED) is 0.443. The second-order valence-electron chi connectivity index (χ2n) is 7.44. The van der Waals surface area contributed by atoms with Gasteiger partial charge in [-0.2, -0.15) is 0 Å². The molecule has 3 heterocycles. The maximum absolute atomic E-state index is 8.67. The lowest BCUT2D eigenvalue weighted by Gasteiger charge is -2.11. The van der Waals surface area contributed by atoms with E-state index in [4.69, 9.17) is 11.3 Å². The van der Waals surface area contributed by atoms with Gasteiger partial charge in [0, 0.05) is 34.9 Å². The van der Waals surface area contributed by atoms with Gasteiger partial charge in [-0.05, 0) is 56.2 Å². The Balaban J connectivity index is 2.10. The average Bonchev–Trinajstić information content (AvgIpc) is 3.04. The molecule has 0 saturated carbocycles. The minimum absolute atomic E-state index is 0.0224. The summed E-state index contributed by atoms with van der Waals surface area (Å²) in [6.07, 6.45) is -0.289. The lowest BCUT2D eigenvalue weighted by Crippen LogP contribution is -2.32. The van der Waals surface area contributed by atoms with E-state index in [0.29, 0.717) is 17.0 Å². The molecule has 0 aliphatic heterocycles. The highest BCUT2D eigenvalue weighted by Gasteiger charge is 2.22. The molecule has 0 amide bonds. The molecular formula is C24H27N2O+. The van der Waals surface area contributed by atoms with Crippen molar-refractivity contribution in [3.8, 4) is 11.3 Å². The number of aromatic nitrogens is 2. The number of benzene rings is 1. The van der Waals surface area contributed by atoms with Crippen molar-refractivity contribution < 1.29 is 15.8 Å². The van der Waals surface area contributed by atoms with E-state index < -0.39 is 19.1 Å². The lowest BCUT2D eigenvalue weighted by atomic mass is 9.95. The Labute approximate surface area is 167 Å². The summed E-state index contributed by atoms with van der Waals surface area (Å²) in [5.41, 5.74) is 4.71. The molecule has 0 fully saturated rings. The molecule has 0 bridgehead atoms. The van der Waals surface area contributed by atoms with Crippen LogP contribution in [0.1, 0.15) is 43.1 Å². The van der Waals surface area contributed by atoms with E-state index in [0.717, 1.165) is 27.6 Å². The molecule has 0 aliphatic rings. The van der Waals surface area contributed by atoms with E-state index in [-0.39, 0.29) is 11.1 Å². The standard InChI is InChI=1S/C24H27N2O/c1-14(2)11-18-12-21(26(6)13-16(18)4)22-15(3)7-9-19-20-10-8-17(5)25-24(20)27-23(19)22/h7-10,12-14H,11H2,1-6H3/q+1/i4D3,11D2. The van der Waals surface area contributed by atoms with Crippen LogP contribution in [0.2, 0.25) is 0 Å². The minimum atomic E-state index is -2.43. The third-order valence-corrected chi connectivity index (χ3v) is 4.83. The summed E-state index contributed by atoms with van der Waals surface area (Å²) < 4.78 is 49.3. The summed E-state index contributed by atoms with van der Waals surface area (Å²) in [7, 11) is 1.78. The van der Waals surface area contributed by atoms with Gasteiger partial charge in [0.2, 0.25) is 11.4 Å². The van der Waals surface area contributed by atoms with E-state index in [1.807, 2.05) is 38.1 Å². The summed E-state index contributed by atoms with van der Waals surface area (Å²) >= 11 is 0. The van der Waals surface area contributed by atoms with Crippen LogP contribution in [-0.2, 0) is 13.4 Å². The van der Waals surface area contributed by atoms with Gasteiger partial charge in [0.1, 0.15) is 7.05 Å². The molecule has 3 aromatic heterocycles. The number of hydrogen-bond acceptors (Lipinski definition) is 2. The van der Waals surface area contributed by atoms with Crippen molar-refractivity contribution in [1.82, 2.24) is 4.98 Å². The van der Waals surface area contributed by atoms with Crippen molar-refractivity contribution in [2.75, 3.05) is 0 Å². The highest BCUT2D eigenvalue weighted by Crippen LogP contribution is 2.36. The van der Waals surface area contributed by atoms with Crippen LogP contribution < -0.4 is 4.57 Å². The fourth-order valence-electron chi connectivity index (χ4n) is 3.56. The van der Waals surface area contributed by atoms with Crippen LogP contribution in [0.4, 0.5) is 0 Å². The van der Waals surface area contributed by atoms with Crippen molar-refractivity contribution in [3.63, 3.8) is 0 Å². The van der Waals surface area contributed by atoms with Crippen LogP contribution in [0, 0.1) is 26.6 Å². The Hall–Kier alpha value is -2.68. The summed E-state index contributed by atoms with van der Waals surface area (Å²) in [5, 5.41) is 1.83. The largest absolute Gasteiger partial charge is 0.437 e. The third-order valence-electron chi connectivity index (χ3n) is 4.83. The third kappa shape index (κ3) is 3.01. The first-order valence-corrected chi connectivity index (χ1v) is 9.17. The second-order valence-corrected chi connectivity index (χ2v) is 7.44. The molecule has 0 spiro atoms. The van der Waals surface area contributed by atoms with Crippen LogP contribution >= 0.6 is 0 Å². The molecule has 0 saturated heterocycles. The number of pyridine rings is 2. The van der Waals surface area contributed by atoms with E-state index in [2.05, 4.69) is 4.98 Å². The molecule has 0 unspecified atom stereocenters. The summed E-state index contributed by atoms with van der Waals surface area (Å²) in [5.74, 6) is -0.403. The Morgan fingerprint density at radius 2 is 1.93 bits per heavy atom. The first-order chi connectivity index (χ1) is 14.8. The van der Waals surface area contributed by atoms with Gasteiger partial charge in [-0.1, -0.05) is 26.0 Å². The maximum atomic E-state index is 8.67. The van der Waals surface area contributed by atoms with E-state index in [1.54, 1.807) is 31.5 Å². The molecule has 1 aromatic carbocycles. The normalized spacial score (nSPS) is 15.6. The number of fused-ring (bicyclic) bond motifs is 3. The smallest absolute Gasteiger partial charge is 0.227 e. The molecule has 3 nitrogen and oxygen atoms in total. The maximum Gasteiger partial charge on any atom is 0.227 e. The number of furan rings is 1. The fourth-order valence-corrected chi connectivity index (χ4v) is 3.56. The summed E-state index contributed by atoms with van der Waals surface area (Å²) in [4.78, 5) is 4.52. The van der Waals surface area contributed by atoms with Crippen molar-refractivity contribution >= 4 is 22.1 Å². The van der Waals surface area contributed by atoms with E-state index >= 15 is 0 Å². The topological polar surface area (TPSA) is 29.9 Å². The average molecular weight is 365 g/mol. The zero-order valence-corrected chi connectivity index (χ0v) is 16.3. The highest BCUT2D eigenvalue weighted by molar-refractivity contribution is 6.08. The van der Waals surface area contributed by atoms with Gasteiger partial charge in [0.25, 0.3) is 0 Å². The lowest BCUT2D eigenvalue weighted by molar-refractivity contribution is -0.660.